The van der Waals surface area contributed by atoms with Crippen molar-refractivity contribution in [3.8, 4) is 10.4 Å². The third-order valence-corrected chi connectivity index (χ3v) is 3.91. The van der Waals surface area contributed by atoms with Gasteiger partial charge in [0.05, 0.1) is 4.88 Å². The Balaban J connectivity index is 2.06. The second-order valence-electron chi connectivity index (χ2n) is 4.28. The molecule has 0 spiro atoms. The van der Waals surface area contributed by atoms with Crippen molar-refractivity contribution >= 4 is 17.2 Å². The molecule has 0 aliphatic heterocycles. The van der Waals surface area contributed by atoms with E-state index in [0.717, 1.165) is 23.3 Å². The summed E-state index contributed by atoms with van der Waals surface area (Å²) in [4.78, 5) is 13.5. The van der Waals surface area contributed by atoms with Gasteiger partial charge in [-0.25, -0.2) is 4.39 Å². The average Bonchev–Trinajstić information content (AvgIpc) is 2.89. The summed E-state index contributed by atoms with van der Waals surface area (Å²) < 4.78 is 12.8. The maximum atomic E-state index is 12.8. The molecule has 1 heterocycles. The van der Waals surface area contributed by atoms with E-state index in [4.69, 9.17) is 0 Å². The molecular formula is C15H16FNOS. The van der Waals surface area contributed by atoms with Gasteiger partial charge in [0.2, 0.25) is 0 Å². The summed E-state index contributed by atoms with van der Waals surface area (Å²) in [6.45, 7) is 2.79. The molecule has 0 unspecified atom stereocenters. The summed E-state index contributed by atoms with van der Waals surface area (Å²) >= 11 is 1.42. The largest absolute Gasteiger partial charge is 0.351 e. The fraction of sp³-hybridized carbons (Fsp3) is 0.267. The lowest BCUT2D eigenvalue weighted by Crippen LogP contribution is -2.23. The number of amides is 1. The minimum Gasteiger partial charge on any atom is -0.351 e. The summed E-state index contributed by atoms with van der Waals surface area (Å²) in [5.74, 6) is -0.287. The Morgan fingerprint density at radius 2 is 1.95 bits per heavy atom. The molecule has 1 aromatic heterocycles. The van der Waals surface area contributed by atoms with Gasteiger partial charge in [0, 0.05) is 11.4 Å². The molecule has 1 N–H and O–H groups in total. The Hall–Kier alpha value is -1.68. The van der Waals surface area contributed by atoms with Crippen LogP contribution in [0.1, 0.15) is 29.4 Å². The third-order valence-electron chi connectivity index (χ3n) is 2.77. The van der Waals surface area contributed by atoms with E-state index in [2.05, 4.69) is 12.2 Å². The minimum atomic E-state index is -0.252. The molecule has 2 aromatic rings. The number of carbonyl (C=O) groups is 1. The average molecular weight is 277 g/mol. The molecule has 1 aromatic carbocycles. The zero-order valence-electron chi connectivity index (χ0n) is 10.8. The van der Waals surface area contributed by atoms with E-state index in [-0.39, 0.29) is 11.7 Å². The highest BCUT2D eigenvalue weighted by Gasteiger charge is 2.09. The topological polar surface area (TPSA) is 29.1 Å². The van der Waals surface area contributed by atoms with E-state index >= 15 is 0 Å². The van der Waals surface area contributed by atoms with Crippen LogP contribution in [0.4, 0.5) is 4.39 Å². The van der Waals surface area contributed by atoms with Crippen molar-refractivity contribution in [3.05, 3.63) is 47.1 Å². The lowest BCUT2D eigenvalue weighted by Gasteiger charge is -2.01. The number of benzene rings is 1. The molecular weight excluding hydrogens is 261 g/mol. The molecule has 0 aliphatic rings. The molecule has 0 radical (unpaired) electrons. The van der Waals surface area contributed by atoms with E-state index in [1.807, 2.05) is 12.1 Å². The molecule has 0 saturated heterocycles. The molecule has 100 valence electrons. The van der Waals surface area contributed by atoms with E-state index < -0.39 is 0 Å². The molecule has 0 fully saturated rings. The first-order valence-corrected chi connectivity index (χ1v) is 7.16. The smallest absolute Gasteiger partial charge is 0.261 e. The van der Waals surface area contributed by atoms with Crippen molar-refractivity contribution in [1.29, 1.82) is 0 Å². The molecule has 2 nitrogen and oxygen atoms in total. The highest BCUT2D eigenvalue weighted by molar-refractivity contribution is 7.17. The van der Waals surface area contributed by atoms with Crippen LogP contribution in [0.2, 0.25) is 0 Å². The fourth-order valence-corrected chi connectivity index (χ4v) is 2.62. The van der Waals surface area contributed by atoms with E-state index in [1.165, 1.54) is 23.5 Å². The summed E-state index contributed by atoms with van der Waals surface area (Å²) in [6.07, 6.45) is 2.05. The standard InChI is InChI=1S/C15H16FNOS/c1-2-3-10-17-15(18)14-9-8-13(19-14)11-4-6-12(16)7-5-11/h4-9H,2-3,10H2,1H3,(H,17,18). The minimum absolute atomic E-state index is 0.0354. The number of hydrogen-bond acceptors (Lipinski definition) is 2. The van der Waals surface area contributed by atoms with Gasteiger partial charge in [0.15, 0.2) is 0 Å². The van der Waals surface area contributed by atoms with Crippen LogP contribution < -0.4 is 5.32 Å². The van der Waals surface area contributed by atoms with Gasteiger partial charge in [0.1, 0.15) is 5.82 Å². The highest BCUT2D eigenvalue weighted by atomic mass is 32.1. The van der Waals surface area contributed by atoms with Gasteiger partial charge in [-0.15, -0.1) is 11.3 Å². The first-order valence-electron chi connectivity index (χ1n) is 6.34. The lowest BCUT2D eigenvalue weighted by atomic mass is 10.2. The second kappa shape index (κ2) is 6.48. The van der Waals surface area contributed by atoms with Crippen molar-refractivity contribution in [2.24, 2.45) is 0 Å². The number of hydrogen-bond donors (Lipinski definition) is 1. The summed E-state index contributed by atoms with van der Waals surface area (Å²) in [7, 11) is 0. The van der Waals surface area contributed by atoms with Crippen molar-refractivity contribution in [2.75, 3.05) is 6.54 Å². The van der Waals surface area contributed by atoms with Crippen LogP contribution in [0.25, 0.3) is 10.4 Å². The lowest BCUT2D eigenvalue weighted by molar-refractivity contribution is 0.0957. The van der Waals surface area contributed by atoms with Gasteiger partial charge in [-0.2, -0.15) is 0 Å². The van der Waals surface area contributed by atoms with Gasteiger partial charge in [-0.3, -0.25) is 4.79 Å². The molecule has 19 heavy (non-hydrogen) atoms. The van der Waals surface area contributed by atoms with E-state index in [9.17, 15) is 9.18 Å². The van der Waals surface area contributed by atoms with Gasteiger partial charge < -0.3 is 5.32 Å². The normalized spacial score (nSPS) is 10.4. The molecule has 0 bridgehead atoms. The van der Waals surface area contributed by atoms with Crippen molar-refractivity contribution in [1.82, 2.24) is 5.32 Å². The molecule has 0 aliphatic carbocycles. The Kier molecular flexibility index (Phi) is 4.68. The zero-order valence-corrected chi connectivity index (χ0v) is 11.6. The quantitative estimate of drug-likeness (QED) is 0.820. The highest BCUT2D eigenvalue weighted by Crippen LogP contribution is 2.28. The first kappa shape index (κ1) is 13.7. The van der Waals surface area contributed by atoms with Gasteiger partial charge in [0.25, 0.3) is 5.91 Å². The first-order chi connectivity index (χ1) is 9.20. The second-order valence-corrected chi connectivity index (χ2v) is 5.36. The van der Waals surface area contributed by atoms with Gasteiger partial charge in [-0.05, 0) is 36.2 Å². The van der Waals surface area contributed by atoms with E-state index in [0.29, 0.717) is 11.4 Å². The maximum Gasteiger partial charge on any atom is 0.261 e. The third kappa shape index (κ3) is 3.64. The molecule has 0 saturated carbocycles. The van der Waals surface area contributed by atoms with Crippen molar-refractivity contribution in [3.63, 3.8) is 0 Å². The van der Waals surface area contributed by atoms with Gasteiger partial charge in [-0.1, -0.05) is 25.5 Å². The number of rotatable bonds is 5. The van der Waals surface area contributed by atoms with Crippen LogP contribution in [-0.2, 0) is 0 Å². The Labute approximate surface area is 116 Å². The van der Waals surface area contributed by atoms with E-state index in [1.54, 1.807) is 12.1 Å². The van der Waals surface area contributed by atoms with Crippen molar-refractivity contribution < 1.29 is 9.18 Å². The summed E-state index contributed by atoms with van der Waals surface area (Å²) in [6, 6.07) is 10.0. The number of unbranched alkanes of at least 4 members (excludes halogenated alkanes) is 1. The molecule has 4 heteroatoms. The monoisotopic (exact) mass is 277 g/mol. The maximum absolute atomic E-state index is 12.8. The van der Waals surface area contributed by atoms with Crippen LogP contribution in [0.3, 0.4) is 0 Å². The number of halogens is 1. The van der Waals surface area contributed by atoms with Crippen LogP contribution in [0.5, 0.6) is 0 Å². The SMILES string of the molecule is CCCCNC(=O)c1ccc(-c2ccc(F)cc2)s1. The number of thiophene rings is 1. The number of carbonyl (C=O) groups excluding carboxylic acids is 1. The summed E-state index contributed by atoms with van der Waals surface area (Å²) in [5, 5.41) is 2.89. The zero-order chi connectivity index (χ0) is 13.7. The Bertz CT molecular complexity index is 548. The van der Waals surface area contributed by atoms with Gasteiger partial charge >= 0.3 is 0 Å². The molecule has 1 amide bonds. The number of nitrogens with one attached hydrogen (secondary N) is 1. The van der Waals surface area contributed by atoms with Crippen LogP contribution >= 0.6 is 11.3 Å². The Morgan fingerprint density at radius 1 is 1.21 bits per heavy atom. The van der Waals surface area contributed by atoms with Crippen LogP contribution in [0, 0.1) is 5.82 Å². The van der Waals surface area contributed by atoms with Crippen LogP contribution in [-0.4, -0.2) is 12.5 Å². The molecule has 2 rings (SSSR count). The predicted octanol–water partition coefficient (Wildman–Crippen LogP) is 4.08. The predicted molar refractivity (Wildman–Crippen MR) is 77.0 cm³/mol. The Morgan fingerprint density at radius 3 is 2.63 bits per heavy atom. The van der Waals surface area contributed by atoms with Crippen molar-refractivity contribution in [2.45, 2.75) is 19.8 Å². The van der Waals surface area contributed by atoms with Crippen LogP contribution in [0.15, 0.2) is 36.4 Å². The molecule has 0 atom stereocenters. The summed E-state index contributed by atoms with van der Waals surface area (Å²) in [5.41, 5.74) is 0.930. The fourth-order valence-electron chi connectivity index (χ4n) is 1.70.